The van der Waals surface area contributed by atoms with Crippen molar-refractivity contribution in [3.05, 3.63) is 58.8 Å². The van der Waals surface area contributed by atoms with Gasteiger partial charge >= 0.3 is 0 Å². The van der Waals surface area contributed by atoms with Crippen LogP contribution in [0.25, 0.3) is 22.3 Å². The van der Waals surface area contributed by atoms with E-state index in [-0.39, 0.29) is 5.43 Å². The molecule has 0 radical (unpaired) electrons. The number of hydrogen-bond donors (Lipinski definition) is 0. The van der Waals surface area contributed by atoms with Crippen molar-refractivity contribution in [1.29, 1.82) is 0 Å². The number of rotatable bonds is 10. The maximum Gasteiger partial charge on any atom is 0.193 e. The van der Waals surface area contributed by atoms with Crippen LogP contribution in [-0.4, -0.2) is 38.3 Å². The molecule has 1 fully saturated rings. The minimum absolute atomic E-state index is 0.0585. The molecular weight excluding hydrogens is 414 g/mol. The zero-order chi connectivity index (χ0) is 23.0. The summed E-state index contributed by atoms with van der Waals surface area (Å²) in [5.41, 5.74) is 1.32. The van der Waals surface area contributed by atoms with E-state index in [0.29, 0.717) is 23.3 Å². The van der Waals surface area contributed by atoms with Crippen LogP contribution in [0.1, 0.15) is 45.4 Å². The van der Waals surface area contributed by atoms with Crippen molar-refractivity contribution in [2.45, 2.75) is 45.4 Å². The van der Waals surface area contributed by atoms with E-state index in [4.69, 9.17) is 13.9 Å². The van der Waals surface area contributed by atoms with Crippen molar-refractivity contribution < 1.29 is 13.9 Å². The number of likely N-dealkylation sites (tertiary alicyclic amines) is 1. The first-order valence-electron chi connectivity index (χ1n) is 12.2. The second-order valence-electron chi connectivity index (χ2n) is 9.15. The Labute approximate surface area is 196 Å². The van der Waals surface area contributed by atoms with Crippen LogP contribution in [0.2, 0.25) is 0 Å². The number of piperidine rings is 1. The molecule has 33 heavy (non-hydrogen) atoms. The van der Waals surface area contributed by atoms with Crippen molar-refractivity contribution in [1.82, 2.24) is 4.90 Å². The summed E-state index contributed by atoms with van der Waals surface area (Å²) < 4.78 is 17.2. The maximum atomic E-state index is 12.6. The third-order valence-electron chi connectivity index (χ3n) is 6.59. The number of nitrogens with zero attached hydrogens (tertiary/aromatic N) is 1. The minimum Gasteiger partial charge on any atom is -0.497 e. The minimum atomic E-state index is -0.0585. The summed E-state index contributed by atoms with van der Waals surface area (Å²) in [4.78, 5) is 15.2. The Morgan fingerprint density at radius 2 is 1.67 bits per heavy atom. The highest BCUT2D eigenvalue weighted by atomic mass is 16.5. The first-order chi connectivity index (χ1) is 16.1. The van der Waals surface area contributed by atoms with Gasteiger partial charge in [-0.3, -0.25) is 4.79 Å². The molecule has 2 aromatic carbocycles. The molecule has 0 amide bonds. The fraction of sp³-hybridized carbons (Fsp3) is 0.464. The van der Waals surface area contributed by atoms with Gasteiger partial charge in [0.25, 0.3) is 0 Å². The average Bonchev–Trinajstić information content (AvgIpc) is 2.84. The zero-order valence-corrected chi connectivity index (χ0v) is 19.8. The maximum absolute atomic E-state index is 12.6. The fourth-order valence-electron chi connectivity index (χ4n) is 4.39. The Balaban J connectivity index is 1.27. The van der Waals surface area contributed by atoms with Gasteiger partial charge in [-0.15, -0.1) is 0 Å². The Hall–Kier alpha value is -2.79. The molecule has 0 spiro atoms. The van der Waals surface area contributed by atoms with Gasteiger partial charge in [0, 0.05) is 17.7 Å². The molecule has 1 saturated heterocycles. The number of benzene rings is 2. The number of hydrogen-bond acceptors (Lipinski definition) is 5. The van der Waals surface area contributed by atoms with Gasteiger partial charge in [0.05, 0.1) is 19.1 Å². The van der Waals surface area contributed by atoms with Gasteiger partial charge in [0.2, 0.25) is 0 Å². The molecule has 0 bridgehead atoms. The van der Waals surface area contributed by atoms with Crippen LogP contribution in [0, 0.1) is 5.92 Å². The molecule has 0 unspecified atom stereocenters. The first-order valence-corrected chi connectivity index (χ1v) is 12.2. The highest BCUT2D eigenvalue weighted by Crippen LogP contribution is 2.26. The van der Waals surface area contributed by atoms with Crippen molar-refractivity contribution >= 4 is 11.0 Å². The average molecular weight is 450 g/mol. The van der Waals surface area contributed by atoms with Gasteiger partial charge in [-0.25, -0.2) is 0 Å². The summed E-state index contributed by atoms with van der Waals surface area (Å²) in [6.45, 7) is 6.80. The summed E-state index contributed by atoms with van der Waals surface area (Å²) in [6, 6.07) is 14.5. The monoisotopic (exact) mass is 449 g/mol. The Morgan fingerprint density at radius 1 is 0.939 bits per heavy atom. The van der Waals surface area contributed by atoms with E-state index < -0.39 is 0 Å². The van der Waals surface area contributed by atoms with Crippen molar-refractivity contribution in [2.24, 2.45) is 5.92 Å². The van der Waals surface area contributed by atoms with E-state index in [1.165, 1.54) is 57.8 Å². The largest absolute Gasteiger partial charge is 0.497 e. The fourth-order valence-corrected chi connectivity index (χ4v) is 4.39. The highest BCUT2D eigenvalue weighted by molar-refractivity contribution is 5.80. The second-order valence-corrected chi connectivity index (χ2v) is 9.15. The zero-order valence-electron chi connectivity index (χ0n) is 19.8. The van der Waals surface area contributed by atoms with Crippen LogP contribution < -0.4 is 14.9 Å². The van der Waals surface area contributed by atoms with Gasteiger partial charge in [-0.1, -0.05) is 19.8 Å². The molecule has 0 aliphatic carbocycles. The van der Waals surface area contributed by atoms with E-state index in [9.17, 15) is 4.79 Å². The molecule has 0 atom stereocenters. The van der Waals surface area contributed by atoms with E-state index in [0.717, 1.165) is 29.4 Å². The molecule has 1 aliphatic rings. The van der Waals surface area contributed by atoms with Gasteiger partial charge in [0.1, 0.15) is 22.8 Å². The summed E-state index contributed by atoms with van der Waals surface area (Å²) in [5.74, 6) is 2.93. The molecule has 4 rings (SSSR count). The van der Waals surface area contributed by atoms with Crippen LogP contribution in [0.5, 0.6) is 11.5 Å². The van der Waals surface area contributed by atoms with E-state index in [1.54, 1.807) is 13.2 Å². The van der Waals surface area contributed by atoms with Crippen LogP contribution >= 0.6 is 0 Å². The summed E-state index contributed by atoms with van der Waals surface area (Å²) in [7, 11) is 1.63. The summed E-state index contributed by atoms with van der Waals surface area (Å²) in [5, 5.41) is 0.562. The number of unbranched alkanes of at least 4 members (excludes halogenated alkanes) is 3. The normalized spacial score (nSPS) is 15.1. The predicted octanol–water partition coefficient (Wildman–Crippen LogP) is 6.14. The smallest absolute Gasteiger partial charge is 0.193 e. The lowest BCUT2D eigenvalue weighted by Gasteiger charge is -2.30. The molecule has 3 aromatic rings. The van der Waals surface area contributed by atoms with E-state index in [2.05, 4.69) is 11.8 Å². The molecule has 0 saturated carbocycles. The lowest BCUT2D eigenvalue weighted by atomic mass is 9.99. The molecule has 2 heterocycles. The highest BCUT2D eigenvalue weighted by Gasteiger charge is 2.14. The lowest BCUT2D eigenvalue weighted by Crippen LogP contribution is -2.33. The van der Waals surface area contributed by atoms with Crippen LogP contribution in [-0.2, 0) is 0 Å². The van der Waals surface area contributed by atoms with Crippen LogP contribution in [0.4, 0.5) is 0 Å². The standard InChI is InChI=1S/C28H35NO4/c1-21-13-16-29(17-14-21)15-5-3-4-6-18-32-24-11-12-25-26(30)20-27(33-28(25)19-24)22-7-9-23(31-2)10-8-22/h7-12,19-21H,3-6,13-18H2,1-2H3. The summed E-state index contributed by atoms with van der Waals surface area (Å²) >= 11 is 0. The molecule has 176 valence electrons. The van der Waals surface area contributed by atoms with Crippen LogP contribution in [0.3, 0.4) is 0 Å². The van der Waals surface area contributed by atoms with Gasteiger partial charge in [0.15, 0.2) is 5.43 Å². The van der Waals surface area contributed by atoms with Gasteiger partial charge in [-0.2, -0.15) is 0 Å². The van der Waals surface area contributed by atoms with Crippen molar-refractivity contribution in [3.8, 4) is 22.8 Å². The van der Waals surface area contributed by atoms with Crippen molar-refractivity contribution in [2.75, 3.05) is 33.4 Å². The van der Waals surface area contributed by atoms with E-state index >= 15 is 0 Å². The molecule has 1 aromatic heterocycles. The topological polar surface area (TPSA) is 51.9 Å². The molecule has 5 nitrogen and oxygen atoms in total. The predicted molar refractivity (Wildman–Crippen MR) is 133 cm³/mol. The van der Waals surface area contributed by atoms with Gasteiger partial charge < -0.3 is 18.8 Å². The molecule has 1 aliphatic heterocycles. The third-order valence-corrected chi connectivity index (χ3v) is 6.59. The Kier molecular flexibility index (Phi) is 8.05. The number of fused-ring (bicyclic) bond motifs is 1. The molecule has 0 N–H and O–H groups in total. The third kappa shape index (κ3) is 6.38. The number of ether oxygens (including phenoxy) is 2. The first kappa shape index (κ1) is 23.4. The van der Waals surface area contributed by atoms with Crippen LogP contribution in [0.15, 0.2) is 57.7 Å². The van der Waals surface area contributed by atoms with Gasteiger partial charge in [-0.05, 0) is 87.6 Å². The molecular formula is C28H35NO4. The summed E-state index contributed by atoms with van der Waals surface area (Å²) in [6.07, 6.45) is 7.42. The number of methoxy groups -OCH3 is 1. The second kappa shape index (κ2) is 11.4. The molecule has 5 heteroatoms. The van der Waals surface area contributed by atoms with E-state index in [1.807, 2.05) is 36.4 Å². The van der Waals surface area contributed by atoms with Crippen molar-refractivity contribution in [3.63, 3.8) is 0 Å². The Bertz CT molecular complexity index is 1080. The SMILES string of the molecule is COc1ccc(-c2cc(=O)c3ccc(OCCCCCCN4CCC(C)CC4)cc3o2)cc1. The quantitative estimate of drug-likeness (QED) is 0.348. The lowest BCUT2D eigenvalue weighted by molar-refractivity contribution is 0.188. The Morgan fingerprint density at radius 3 is 2.42 bits per heavy atom.